The van der Waals surface area contributed by atoms with Crippen LogP contribution in [0.3, 0.4) is 0 Å². The van der Waals surface area contributed by atoms with Gasteiger partial charge in [0.1, 0.15) is 0 Å². The number of carboxylic acid groups (broad SMARTS) is 1. The van der Waals surface area contributed by atoms with Crippen molar-refractivity contribution in [2.75, 3.05) is 13.2 Å². The van der Waals surface area contributed by atoms with Crippen LogP contribution in [0.1, 0.15) is 12.8 Å². The molecule has 0 saturated carbocycles. The third-order valence-electron chi connectivity index (χ3n) is 1.43. The molecule has 0 spiro atoms. The maximum Gasteiger partial charge on any atom is 0.469 e. The van der Waals surface area contributed by atoms with Crippen LogP contribution in [0, 0.1) is 0 Å². The Balaban J connectivity index is 4.09. The summed E-state index contributed by atoms with van der Waals surface area (Å²) < 4.78 is 14.4. The molecule has 0 heterocycles. The van der Waals surface area contributed by atoms with E-state index in [0.29, 0.717) is 0 Å². The molecule has 0 saturated heterocycles. The average molecular weight is 240 g/mol. The lowest BCUT2D eigenvalue weighted by atomic mass is 10.1. The van der Waals surface area contributed by atoms with Gasteiger partial charge in [-0.05, 0) is 6.42 Å². The van der Waals surface area contributed by atoms with Crippen LogP contribution in [0.4, 0.5) is 0 Å². The zero-order valence-corrected chi connectivity index (χ0v) is 8.76. The summed E-state index contributed by atoms with van der Waals surface area (Å²) in [6.07, 6.45) is 1.34. The van der Waals surface area contributed by atoms with Gasteiger partial charge in [0, 0.05) is 18.6 Å². The molecule has 0 bridgehead atoms. The predicted molar refractivity (Wildman–Crippen MR) is 50.0 cm³/mol. The summed E-state index contributed by atoms with van der Waals surface area (Å²) in [6, 6.07) is 0. The Bertz CT molecular complexity index is 279. The lowest BCUT2D eigenvalue weighted by Crippen LogP contribution is -2.04. The maximum atomic E-state index is 10.6. The minimum Gasteiger partial charge on any atom is -0.478 e. The highest BCUT2D eigenvalue weighted by Gasteiger charge is 2.15. The first-order chi connectivity index (χ1) is 6.87. The van der Waals surface area contributed by atoms with E-state index in [4.69, 9.17) is 20.0 Å². The first kappa shape index (κ1) is 14.3. The normalized spacial score (nSPS) is 12.9. The van der Waals surface area contributed by atoms with Gasteiger partial charge in [0.15, 0.2) is 0 Å². The smallest absolute Gasteiger partial charge is 0.469 e. The van der Waals surface area contributed by atoms with Crippen LogP contribution in [0.5, 0.6) is 0 Å². The van der Waals surface area contributed by atoms with Crippen molar-refractivity contribution in [3.63, 3.8) is 0 Å². The number of carbonyl (C=O) groups is 1. The molecule has 0 rings (SSSR count). The molecule has 4 N–H and O–H groups in total. The van der Waals surface area contributed by atoms with Crippen LogP contribution >= 0.6 is 7.82 Å². The lowest BCUT2D eigenvalue weighted by molar-refractivity contribution is -0.132. The number of rotatable bonds is 7. The second-order valence-corrected chi connectivity index (χ2v) is 3.86. The number of phosphoric ester groups is 1. The number of aliphatic carboxylic acids is 1. The van der Waals surface area contributed by atoms with Crippen LogP contribution in [0.25, 0.3) is 0 Å². The van der Waals surface area contributed by atoms with E-state index in [1.165, 1.54) is 6.08 Å². The van der Waals surface area contributed by atoms with E-state index in [2.05, 4.69) is 4.52 Å². The molecule has 0 aromatic rings. The van der Waals surface area contributed by atoms with Crippen molar-refractivity contribution in [1.29, 1.82) is 0 Å². The van der Waals surface area contributed by atoms with Gasteiger partial charge in [-0.3, -0.25) is 4.52 Å². The van der Waals surface area contributed by atoms with Gasteiger partial charge in [0.2, 0.25) is 0 Å². The first-order valence-electron chi connectivity index (χ1n) is 4.10. The maximum absolute atomic E-state index is 10.6. The molecular weight excluding hydrogens is 227 g/mol. The van der Waals surface area contributed by atoms with Crippen molar-refractivity contribution in [2.45, 2.75) is 12.8 Å². The van der Waals surface area contributed by atoms with Gasteiger partial charge in [0.25, 0.3) is 0 Å². The summed E-state index contributed by atoms with van der Waals surface area (Å²) >= 11 is 0. The Morgan fingerprint density at radius 1 is 1.40 bits per heavy atom. The summed E-state index contributed by atoms with van der Waals surface area (Å²) in [5.74, 6) is -1.20. The monoisotopic (exact) mass is 240 g/mol. The van der Waals surface area contributed by atoms with E-state index in [1.807, 2.05) is 0 Å². The van der Waals surface area contributed by atoms with Crippen molar-refractivity contribution in [3.8, 4) is 0 Å². The van der Waals surface area contributed by atoms with E-state index in [-0.39, 0.29) is 31.6 Å². The van der Waals surface area contributed by atoms with Gasteiger partial charge in [0.05, 0.1) is 6.61 Å². The standard InChI is InChI=1S/C7H13O7P/c8-4-1-2-6(7(9)10)3-5-14-15(11,12)13/h2,8H,1,3-5H2,(H,9,10)(H2,11,12,13). The van der Waals surface area contributed by atoms with Gasteiger partial charge < -0.3 is 20.0 Å². The summed E-state index contributed by atoms with van der Waals surface area (Å²) in [5.41, 5.74) is -0.0440. The highest BCUT2D eigenvalue weighted by atomic mass is 31.2. The third kappa shape index (κ3) is 8.29. The van der Waals surface area contributed by atoms with E-state index < -0.39 is 13.8 Å². The second-order valence-electron chi connectivity index (χ2n) is 2.62. The first-order valence-corrected chi connectivity index (χ1v) is 5.63. The van der Waals surface area contributed by atoms with E-state index >= 15 is 0 Å². The number of aliphatic hydroxyl groups is 1. The van der Waals surface area contributed by atoms with Crippen LogP contribution < -0.4 is 0 Å². The molecule has 0 radical (unpaired) electrons. The van der Waals surface area contributed by atoms with Crippen LogP contribution in [0.15, 0.2) is 11.6 Å². The fourth-order valence-electron chi connectivity index (χ4n) is 0.810. The number of hydrogen-bond acceptors (Lipinski definition) is 4. The molecule has 0 aliphatic heterocycles. The Labute approximate surface area is 86.2 Å². The molecule has 0 aliphatic carbocycles. The summed E-state index contributed by atoms with van der Waals surface area (Å²) in [6.45, 7) is -0.566. The SMILES string of the molecule is O=C(O)C(=CCCO)CCOP(=O)(O)O. The molecule has 0 atom stereocenters. The molecular formula is C7H13O7P. The molecule has 0 amide bonds. The molecule has 0 fully saturated rings. The lowest BCUT2D eigenvalue weighted by Gasteiger charge is -2.05. The highest BCUT2D eigenvalue weighted by Crippen LogP contribution is 2.35. The van der Waals surface area contributed by atoms with E-state index in [9.17, 15) is 9.36 Å². The van der Waals surface area contributed by atoms with Crippen molar-refractivity contribution in [2.24, 2.45) is 0 Å². The van der Waals surface area contributed by atoms with Crippen LogP contribution in [-0.4, -0.2) is 39.2 Å². The zero-order chi connectivity index (χ0) is 11.9. The van der Waals surface area contributed by atoms with Gasteiger partial charge >= 0.3 is 13.8 Å². The highest BCUT2D eigenvalue weighted by molar-refractivity contribution is 7.46. The molecule has 0 aromatic heterocycles. The van der Waals surface area contributed by atoms with Crippen LogP contribution in [0.2, 0.25) is 0 Å². The average Bonchev–Trinajstić information content (AvgIpc) is 2.08. The van der Waals surface area contributed by atoms with Gasteiger partial charge in [-0.1, -0.05) is 6.08 Å². The Morgan fingerprint density at radius 3 is 2.40 bits per heavy atom. The quantitative estimate of drug-likeness (QED) is 0.361. The summed E-state index contributed by atoms with van der Waals surface area (Å²) in [5, 5.41) is 17.1. The molecule has 0 aromatic carbocycles. The van der Waals surface area contributed by atoms with Crippen molar-refractivity contribution in [3.05, 3.63) is 11.6 Å². The van der Waals surface area contributed by atoms with Crippen molar-refractivity contribution in [1.82, 2.24) is 0 Å². The Hall–Kier alpha value is -0.720. The molecule has 7 nitrogen and oxygen atoms in total. The minimum atomic E-state index is -4.55. The van der Waals surface area contributed by atoms with Gasteiger partial charge in [-0.25, -0.2) is 9.36 Å². The number of carboxylic acids is 1. The molecule has 0 aliphatic rings. The van der Waals surface area contributed by atoms with Crippen molar-refractivity contribution >= 4 is 13.8 Å². The summed E-state index contributed by atoms with van der Waals surface area (Å²) in [7, 11) is -4.55. The Kier molecular flexibility index (Phi) is 6.38. The largest absolute Gasteiger partial charge is 0.478 e. The van der Waals surface area contributed by atoms with Gasteiger partial charge in [-0.2, -0.15) is 0 Å². The Morgan fingerprint density at radius 2 is 2.00 bits per heavy atom. The van der Waals surface area contributed by atoms with Crippen LogP contribution in [-0.2, 0) is 13.9 Å². The predicted octanol–water partition coefficient (Wildman–Crippen LogP) is -0.121. The second kappa shape index (κ2) is 6.71. The number of phosphoric acid groups is 1. The fraction of sp³-hybridized carbons (Fsp3) is 0.571. The van der Waals surface area contributed by atoms with E-state index in [1.54, 1.807) is 0 Å². The topological polar surface area (TPSA) is 124 Å². The third-order valence-corrected chi connectivity index (χ3v) is 1.94. The van der Waals surface area contributed by atoms with E-state index in [0.717, 1.165) is 0 Å². The molecule has 0 unspecified atom stereocenters. The molecule has 8 heteroatoms. The van der Waals surface area contributed by atoms with Crippen molar-refractivity contribution < 1.29 is 33.9 Å². The fourth-order valence-corrected chi connectivity index (χ4v) is 1.14. The molecule has 88 valence electrons. The number of hydrogen-bond donors (Lipinski definition) is 4. The summed E-state index contributed by atoms with van der Waals surface area (Å²) in [4.78, 5) is 27.2. The number of aliphatic hydroxyl groups excluding tert-OH is 1. The zero-order valence-electron chi connectivity index (χ0n) is 7.87. The molecule has 15 heavy (non-hydrogen) atoms. The minimum absolute atomic E-state index is 0.0440. The van der Waals surface area contributed by atoms with Gasteiger partial charge in [-0.15, -0.1) is 0 Å².